The van der Waals surface area contributed by atoms with Crippen LogP contribution in [0.15, 0.2) is 71.8 Å². The Morgan fingerprint density at radius 1 is 1.06 bits per heavy atom. The van der Waals surface area contributed by atoms with Gasteiger partial charge in [0.2, 0.25) is 0 Å². The van der Waals surface area contributed by atoms with Crippen molar-refractivity contribution in [1.82, 2.24) is 5.01 Å². The highest BCUT2D eigenvalue weighted by Gasteiger charge is 2.34. The lowest BCUT2D eigenvalue weighted by molar-refractivity contribution is -0.135. The van der Waals surface area contributed by atoms with Gasteiger partial charge >= 0.3 is 0 Å². The van der Waals surface area contributed by atoms with Gasteiger partial charge in [0, 0.05) is 22.6 Å². The van der Waals surface area contributed by atoms with E-state index < -0.39 is 0 Å². The van der Waals surface area contributed by atoms with Gasteiger partial charge in [0.05, 0.1) is 26.0 Å². The molecule has 34 heavy (non-hydrogen) atoms. The molecule has 1 amide bonds. The van der Waals surface area contributed by atoms with Crippen molar-refractivity contribution in [2.75, 3.05) is 20.8 Å². The maximum Gasteiger partial charge on any atom is 0.281 e. The SMILES string of the molecule is COc1ccc(C2CC(c3ccccc3Cl)=NN2C(=O)COc2ccc(C=O)cc2)cc1OC. The van der Waals surface area contributed by atoms with Crippen molar-refractivity contribution < 1.29 is 23.8 Å². The Bertz CT molecular complexity index is 1230. The van der Waals surface area contributed by atoms with Crippen LogP contribution >= 0.6 is 11.6 Å². The van der Waals surface area contributed by atoms with E-state index in [0.717, 1.165) is 17.4 Å². The number of amides is 1. The van der Waals surface area contributed by atoms with Crippen molar-refractivity contribution in [2.45, 2.75) is 12.5 Å². The summed E-state index contributed by atoms with van der Waals surface area (Å²) in [4.78, 5) is 24.1. The molecule has 0 N–H and O–H groups in total. The average molecular weight is 479 g/mol. The Hall–Kier alpha value is -3.84. The summed E-state index contributed by atoms with van der Waals surface area (Å²) >= 11 is 6.41. The molecule has 7 nitrogen and oxygen atoms in total. The molecular weight excluding hydrogens is 456 g/mol. The summed E-state index contributed by atoms with van der Waals surface area (Å²) in [5, 5.41) is 6.63. The van der Waals surface area contributed by atoms with Crippen molar-refractivity contribution in [2.24, 2.45) is 5.10 Å². The van der Waals surface area contributed by atoms with Crippen LogP contribution in [0.3, 0.4) is 0 Å². The van der Waals surface area contributed by atoms with Crippen molar-refractivity contribution in [3.05, 3.63) is 88.4 Å². The summed E-state index contributed by atoms with van der Waals surface area (Å²) in [6, 6.07) is 19.1. The molecule has 0 radical (unpaired) electrons. The van der Waals surface area contributed by atoms with Crippen molar-refractivity contribution in [1.29, 1.82) is 0 Å². The number of carbonyl (C=O) groups excluding carboxylic acids is 2. The quantitative estimate of drug-likeness (QED) is 0.429. The van der Waals surface area contributed by atoms with Crippen LogP contribution in [0.1, 0.15) is 33.9 Å². The molecular formula is C26H23ClN2O5. The highest BCUT2D eigenvalue weighted by Crippen LogP contribution is 2.38. The van der Waals surface area contributed by atoms with Gasteiger partial charge in [-0.3, -0.25) is 9.59 Å². The molecule has 0 fully saturated rings. The van der Waals surface area contributed by atoms with Crippen LogP contribution in [0.2, 0.25) is 5.02 Å². The minimum Gasteiger partial charge on any atom is -0.493 e. The van der Waals surface area contributed by atoms with Crippen LogP contribution in [0.4, 0.5) is 0 Å². The van der Waals surface area contributed by atoms with Gasteiger partial charge in [-0.25, -0.2) is 5.01 Å². The molecule has 3 aromatic rings. The first-order valence-corrected chi connectivity index (χ1v) is 11.0. The average Bonchev–Trinajstić information content (AvgIpc) is 3.32. The topological polar surface area (TPSA) is 77.4 Å². The number of nitrogens with zero attached hydrogens (tertiary/aromatic N) is 2. The zero-order chi connectivity index (χ0) is 24.1. The molecule has 3 aromatic carbocycles. The van der Waals surface area contributed by atoms with Gasteiger partial charge in [0.15, 0.2) is 18.1 Å². The largest absolute Gasteiger partial charge is 0.493 e. The number of rotatable bonds is 8. The number of hydrazone groups is 1. The molecule has 0 aromatic heterocycles. The first-order valence-electron chi connectivity index (χ1n) is 10.6. The summed E-state index contributed by atoms with van der Waals surface area (Å²) in [6.07, 6.45) is 1.22. The third kappa shape index (κ3) is 4.89. The van der Waals surface area contributed by atoms with E-state index in [2.05, 4.69) is 5.10 Å². The second-order valence-electron chi connectivity index (χ2n) is 7.57. The van der Waals surface area contributed by atoms with E-state index in [1.54, 1.807) is 50.6 Å². The summed E-state index contributed by atoms with van der Waals surface area (Å²) in [7, 11) is 3.13. The molecule has 174 valence electrons. The Balaban J connectivity index is 1.62. The van der Waals surface area contributed by atoms with E-state index in [9.17, 15) is 9.59 Å². The van der Waals surface area contributed by atoms with Gasteiger partial charge in [-0.05, 0) is 48.0 Å². The van der Waals surface area contributed by atoms with Gasteiger partial charge in [0.1, 0.15) is 12.0 Å². The Labute approximate surface area is 202 Å². The molecule has 1 atom stereocenters. The van der Waals surface area contributed by atoms with Gasteiger partial charge in [-0.15, -0.1) is 0 Å². The number of ether oxygens (including phenoxy) is 3. The maximum absolute atomic E-state index is 13.2. The number of halogens is 1. The summed E-state index contributed by atoms with van der Waals surface area (Å²) in [5.74, 6) is 1.32. The van der Waals surface area contributed by atoms with Crippen LogP contribution < -0.4 is 14.2 Å². The zero-order valence-electron chi connectivity index (χ0n) is 18.7. The van der Waals surface area contributed by atoms with E-state index in [-0.39, 0.29) is 18.6 Å². The van der Waals surface area contributed by atoms with Crippen LogP contribution in [0.5, 0.6) is 17.2 Å². The normalized spacial score (nSPS) is 15.0. The molecule has 0 spiro atoms. The summed E-state index contributed by atoms with van der Waals surface area (Å²) < 4.78 is 16.5. The Morgan fingerprint density at radius 2 is 1.79 bits per heavy atom. The van der Waals surface area contributed by atoms with Crippen LogP contribution in [0.25, 0.3) is 0 Å². The highest BCUT2D eigenvalue weighted by molar-refractivity contribution is 6.34. The van der Waals surface area contributed by atoms with Crippen LogP contribution in [-0.2, 0) is 4.79 Å². The molecule has 1 heterocycles. The second kappa shape index (κ2) is 10.4. The second-order valence-corrected chi connectivity index (χ2v) is 7.98. The minimum absolute atomic E-state index is 0.219. The molecule has 0 bridgehead atoms. The lowest BCUT2D eigenvalue weighted by Gasteiger charge is -2.23. The first-order chi connectivity index (χ1) is 16.5. The minimum atomic E-state index is -0.375. The molecule has 0 saturated carbocycles. The molecule has 1 aliphatic rings. The Morgan fingerprint density at radius 3 is 2.47 bits per heavy atom. The van der Waals surface area contributed by atoms with Gasteiger partial charge in [-0.1, -0.05) is 35.9 Å². The fourth-order valence-corrected chi connectivity index (χ4v) is 4.02. The molecule has 1 unspecified atom stereocenters. The van der Waals surface area contributed by atoms with Crippen LogP contribution in [0, 0.1) is 0 Å². The van der Waals surface area contributed by atoms with Gasteiger partial charge in [0.25, 0.3) is 5.91 Å². The number of carbonyl (C=O) groups is 2. The fraction of sp³-hybridized carbons (Fsp3) is 0.192. The van der Waals surface area contributed by atoms with Gasteiger partial charge in [-0.2, -0.15) is 5.10 Å². The number of aldehydes is 1. The summed E-state index contributed by atoms with van der Waals surface area (Å²) in [6.45, 7) is -0.219. The molecule has 1 aliphatic heterocycles. The number of hydrogen-bond donors (Lipinski definition) is 0. The van der Waals surface area contributed by atoms with Crippen molar-refractivity contribution >= 4 is 29.5 Å². The predicted octanol–water partition coefficient (Wildman–Crippen LogP) is 4.93. The monoisotopic (exact) mass is 478 g/mol. The van der Waals surface area contributed by atoms with Crippen molar-refractivity contribution in [3.8, 4) is 17.2 Å². The molecule has 0 saturated heterocycles. The van der Waals surface area contributed by atoms with Gasteiger partial charge < -0.3 is 14.2 Å². The first kappa shape index (κ1) is 23.3. The van der Waals surface area contributed by atoms with E-state index in [1.165, 1.54) is 5.01 Å². The van der Waals surface area contributed by atoms with E-state index in [4.69, 9.17) is 25.8 Å². The number of benzene rings is 3. The van der Waals surface area contributed by atoms with Crippen molar-refractivity contribution in [3.63, 3.8) is 0 Å². The molecule has 4 rings (SSSR count). The maximum atomic E-state index is 13.2. The summed E-state index contributed by atoms with van der Waals surface area (Å²) in [5.41, 5.74) is 2.84. The lowest BCUT2D eigenvalue weighted by atomic mass is 9.98. The fourth-order valence-electron chi connectivity index (χ4n) is 3.77. The van der Waals surface area contributed by atoms with E-state index >= 15 is 0 Å². The zero-order valence-corrected chi connectivity index (χ0v) is 19.5. The highest BCUT2D eigenvalue weighted by atomic mass is 35.5. The van der Waals surface area contributed by atoms with E-state index in [0.29, 0.717) is 40.0 Å². The molecule has 8 heteroatoms. The number of hydrogen-bond acceptors (Lipinski definition) is 6. The third-order valence-electron chi connectivity index (χ3n) is 5.52. The smallest absolute Gasteiger partial charge is 0.281 e. The lowest BCUT2D eigenvalue weighted by Crippen LogP contribution is -2.31. The Kier molecular flexibility index (Phi) is 7.13. The number of methoxy groups -OCH3 is 2. The third-order valence-corrected chi connectivity index (χ3v) is 5.85. The van der Waals surface area contributed by atoms with Crippen LogP contribution in [-0.4, -0.2) is 43.7 Å². The molecule has 0 aliphatic carbocycles. The standard InChI is InChI=1S/C26H23ClN2O5/c1-32-24-12-9-18(13-25(24)33-2)23-14-22(20-5-3-4-6-21(20)27)28-29(23)26(31)16-34-19-10-7-17(15-30)8-11-19/h3-13,15,23H,14,16H2,1-2H3. The van der Waals surface area contributed by atoms with E-state index in [1.807, 2.05) is 30.3 Å². The predicted molar refractivity (Wildman–Crippen MR) is 129 cm³/mol.